The summed E-state index contributed by atoms with van der Waals surface area (Å²) in [5, 5.41) is 0. The molecule has 1 aromatic carbocycles. The third-order valence-electron chi connectivity index (χ3n) is 2.76. The number of benzene rings is 1. The monoisotopic (exact) mass is 184 g/mol. The van der Waals surface area contributed by atoms with E-state index in [9.17, 15) is 0 Å². The molecule has 14 heavy (non-hydrogen) atoms. The molecule has 0 amide bonds. The normalized spacial score (nSPS) is 19.9. The van der Waals surface area contributed by atoms with Crippen LogP contribution >= 0.6 is 0 Å². The van der Waals surface area contributed by atoms with Crippen LogP contribution in [0.3, 0.4) is 0 Å². The molecular weight excluding hydrogens is 169 g/mol. The molecule has 0 aromatic heterocycles. The molecule has 1 aliphatic heterocycles. The van der Waals surface area contributed by atoms with Crippen LogP contribution in [0.15, 0.2) is 36.9 Å². The van der Waals surface area contributed by atoms with E-state index in [4.69, 9.17) is 0 Å². The number of nitrogens with zero attached hydrogens (tertiary/aromatic N) is 1. The van der Waals surface area contributed by atoms with Gasteiger partial charge in [0, 0.05) is 21.0 Å². The minimum Gasteiger partial charge on any atom is -0.295 e. The molecule has 0 saturated carbocycles. The lowest BCUT2D eigenvalue weighted by Gasteiger charge is -2.18. The standard InChI is InChI=1S/C12H15N.B/c1-3-6-12-11-8-5-4-7-10(11)9-13(12)2;/h3-5,7-8,12H,1,6,9H2,2H3;/t12-;/m0./s1. The molecule has 1 aliphatic rings. The summed E-state index contributed by atoms with van der Waals surface area (Å²) in [6.45, 7) is 4.88. The summed E-state index contributed by atoms with van der Waals surface area (Å²) in [4.78, 5) is 2.38. The summed E-state index contributed by atoms with van der Waals surface area (Å²) in [7, 11) is 2.17. The first-order chi connectivity index (χ1) is 6.33. The Bertz CT molecular complexity index is 322. The Kier molecular flexibility index (Phi) is 3.53. The van der Waals surface area contributed by atoms with Crippen molar-refractivity contribution in [2.24, 2.45) is 0 Å². The van der Waals surface area contributed by atoms with Gasteiger partial charge in [0.25, 0.3) is 0 Å². The fourth-order valence-corrected chi connectivity index (χ4v) is 2.08. The Balaban J connectivity index is 0.000000980. The van der Waals surface area contributed by atoms with Gasteiger partial charge >= 0.3 is 0 Å². The molecule has 0 unspecified atom stereocenters. The van der Waals surface area contributed by atoms with Gasteiger partial charge in [0.2, 0.25) is 0 Å². The minimum atomic E-state index is 0. The van der Waals surface area contributed by atoms with Gasteiger partial charge in [0.15, 0.2) is 0 Å². The highest BCUT2D eigenvalue weighted by molar-refractivity contribution is 5.75. The Morgan fingerprint density at radius 1 is 1.50 bits per heavy atom. The third kappa shape index (κ3) is 1.75. The summed E-state index contributed by atoms with van der Waals surface area (Å²) in [5.74, 6) is 0. The number of hydrogen-bond donors (Lipinski definition) is 0. The Morgan fingerprint density at radius 3 is 2.93 bits per heavy atom. The van der Waals surface area contributed by atoms with E-state index in [0.717, 1.165) is 13.0 Å². The van der Waals surface area contributed by atoms with E-state index in [0.29, 0.717) is 6.04 Å². The summed E-state index contributed by atoms with van der Waals surface area (Å²) >= 11 is 0. The average Bonchev–Trinajstić information content (AvgIpc) is 2.44. The van der Waals surface area contributed by atoms with Crippen LogP contribution < -0.4 is 0 Å². The highest BCUT2D eigenvalue weighted by Crippen LogP contribution is 2.34. The zero-order chi connectivity index (χ0) is 9.26. The van der Waals surface area contributed by atoms with Gasteiger partial charge in [-0.2, -0.15) is 0 Å². The highest BCUT2D eigenvalue weighted by Gasteiger charge is 2.25. The zero-order valence-electron chi connectivity index (χ0n) is 8.61. The molecule has 0 N–H and O–H groups in total. The first-order valence-electron chi connectivity index (χ1n) is 4.72. The molecular formula is C12H15BN. The van der Waals surface area contributed by atoms with Crippen LogP contribution in [-0.2, 0) is 6.54 Å². The maximum atomic E-state index is 3.80. The van der Waals surface area contributed by atoms with E-state index in [1.165, 1.54) is 11.1 Å². The quantitative estimate of drug-likeness (QED) is 0.503. The first-order valence-corrected chi connectivity index (χ1v) is 4.72. The Labute approximate surface area is 88.0 Å². The van der Waals surface area contributed by atoms with Crippen LogP contribution in [0.25, 0.3) is 0 Å². The predicted octanol–water partition coefficient (Wildman–Crippen LogP) is 2.37. The van der Waals surface area contributed by atoms with Crippen molar-refractivity contribution >= 4 is 8.41 Å². The van der Waals surface area contributed by atoms with Crippen LogP contribution in [0.5, 0.6) is 0 Å². The van der Waals surface area contributed by atoms with E-state index in [1.807, 2.05) is 6.08 Å². The maximum Gasteiger partial charge on any atom is 0.0386 e. The lowest BCUT2D eigenvalue weighted by molar-refractivity contribution is 0.270. The van der Waals surface area contributed by atoms with E-state index < -0.39 is 0 Å². The topological polar surface area (TPSA) is 3.24 Å². The predicted molar refractivity (Wildman–Crippen MR) is 61.2 cm³/mol. The highest BCUT2D eigenvalue weighted by atomic mass is 15.1. The summed E-state index contributed by atoms with van der Waals surface area (Å²) in [5.41, 5.74) is 2.95. The average molecular weight is 184 g/mol. The van der Waals surface area contributed by atoms with Crippen molar-refractivity contribution < 1.29 is 0 Å². The van der Waals surface area contributed by atoms with Gasteiger partial charge in [0.1, 0.15) is 0 Å². The van der Waals surface area contributed by atoms with Crippen molar-refractivity contribution in [1.82, 2.24) is 4.90 Å². The number of hydrogen-bond acceptors (Lipinski definition) is 1. The molecule has 3 radical (unpaired) electrons. The van der Waals surface area contributed by atoms with Crippen molar-refractivity contribution in [3.8, 4) is 0 Å². The van der Waals surface area contributed by atoms with Crippen LogP contribution in [-0.4, -0.2) is 20.4 Å². The molecule has 0 spiro atoms. The first kappa shape index (κ1) is 11.1. The van der Waals surface area contributed by atoms with Gasteiger partial charge < -0.3 is 0 Å². The fourth-order valence-electron chi connectivity index (χ4n) is 2.08. The summed E-state index contributed by atoms with van der Waals surface area (Å²) in [6, 6.07) is 9.23. The van der Waals surface area contributed by atoms with E-state index in [2.05, 4.69) is 42.8 Å². The zero-order valence-corrected chi connectivity index (χ0v) is 8.61. The second-order valence-corrected chi connectivity index (χ2v) is 3.65. The summed E-state index contributed by atoms with van der Waals surface area (Å²) in [6.07, 6.45) is 3.05. The van der Waals surface area contributed by atoms with Crippen LogP contribution in [0.1, 0.15) is 23.6 Å². The van der Waals surface area contributed by atoms with Crippen molar-refractivity contribution in [1.29, 1.82) is 0 Å². The van der Waals surface area contributed by atoms with Gasteiger partial charge in [-0.05, 0) is 24.6 Å². The molecule has 0 bridgehead atoms. The second-order valence-electron chi connectivity index (χ2n) is 3.65. The second kappa shape index (κ2) is 4.47. The molecule has 0 aliphatic carbocycles. The molecule has 1 heterocycles. The van der Waals surface area contributed by atoms with Crippen molar-refractivity contribution in [2.75, 3.05) is 7.05 Å². The van der Waals surface area contributed by atoms with Gasteiger partial charge in [-0.1, -0.05) is 30.3 Å². The lowest BCUT2D eigenvalue weighted by Crippen LogP contribution is -2.15. The van der Waals surface area contributed by atoms with Crippen LogP contribution in [0.4, 0.5) is 0 Å². The molecule has 0 fully saturated rings. The Hall–Kier alpha value is -1.02. The molecule has 2 rings (SSSR count). The summed E-state index contributed by atoms with van der Waals surface area (Å²) < 4.78 is 0. The van der Waals surface area contributed by atoms with Crippen LogP contribution in [0, 0.1) is 0 Å². The van der Waals surface area contributed by atoms with E-state index in [1.54, 1.807) is 0 Å². The van der Waals surface area contributed by atoms with E-state index >= 15 is 0 Å². The fraction of sp³-hybridized carbons (Fsp3) is 0.333. The molecule has 1 aromatic rings. The third-order valence-corrected chi connectivity index (χ3v) is 2.76. The molecule has 1 atom stereocenters. The molecule has 0 saturated heterocycles. The van der Waals surface area contributed by atoms with Crippen molar-refractivity contribution in [3.05, 3.63) is 48.0 Å². The maximum absolute atomic E-state index is 3.80. The van der Waals surface area contributed by atoms with Crippen molar-refractivity contribution in [2.45, 2.75) is 19.0 Å². The van der Waals surface area contributed by atoms with E-state index in [-0.39, 0.29) is 8.41 Å². The number of fused-ring (bicyclic) bond motifs is 1. The smallest absolute Gasteiger partial charge is 0.0386 e. The van der Waals surface area contributed by atoms with Gasteiger partial charge in [0.05, 0.1) is 0 Å². The Morgan fingerprint density at radius 2 is 2.21 bits per heavy atom. The van der Waals surface area contributed by atoms with Gasteiger partial charge in [-0.15, -0.1) is 6.58 Å². The van der Waals surface area contributed by atoms with Crippen molar-refractivity contribution in [3.63, 3.8) is 0 Å². The van der Waals surface area contributed by atoms with Crippen LogP contribution in [0.2, 0.25) is 0 Å². The minimum absolute atomic E-state index is 0. The van der Waals surface area contributed by atoms with Gasteiger partial charge in [-0.3, -0.25) is 4.90 Å². The van der Waals surface area contributed by atoms with Gasteiger partial charge in [-0.25, -0.2) is 0 Å². The SMILES string of the molecule is C=CC[C@H]1c2ccccc2CN1C.[B]. The lowest BCUT2D eigenvalue weighted by atomic mass is 10.0. The molecule has 1 nitrogen and oxygen atoms in total. The molecule has 2 heteroatoms. The largest absolute Gasteiger partial charge is 0.295 e. The molecule has 71 valence electrons. The number of rotatable bonds is 2.